The van der Waals surface area contributed by atoms with Gasteiger partial charge in [-0.15, -0.1) is 11.3 Å². The van der Waals surface area contributed by atoms with E-state index in [9.17, 15) is 0 Å². The van der Waals surface area contributed by atoms with Crippen LogP contribution >= 0.6 is 22.9 Å². The molecule has 0 spiro atoms. The fraction of sp³-hybridized carbons (Fsp3) is 0.750. The van der Waals surface area contributed by atoms with Gasteiger partial charge in [0.05, 0.1) is 6.20 Å². The Balaban J connectivity index is 1.78. The van der Waals surface area contributed by atoms with E-state index in [0.29, 0.717) is 5.41 Å². The van der Waals surface area contributed by atoms with Crippen LogP contribution in [0.5, 0.6) is 0 Å². The third-order valence-electron chi connectivity index (χ3n) is 3.72. The zero-order valence-electron chi connectivity index (χ0n) is 9.76. The van der Waals surface area contributed by atoms with Gasteiger partial charge in [-0.25, -0.2) is 4.98 Å². The predicted molar refractivity (Wildman–Crippen MR) is 70.0 cm³/mol. The molecule has 0 unspecified atom stereocenters. The van der Waals surface area contributed by atoms with Crippen LogP contribution in [0.3, 0.4) is 0 Å². The van der Waals surface area contributed by atoms with E-state index < -0.39 is 0 Å². The van der Waals surface area contributed by atoms with Crippen molar-refractivity contribution < 1.29 is 0 Å². The molecule has 1 aromatic rings. The first-order valence-electron chi connectivity index (χ1n) is 6.05. The van der Waals surface area contributed by atoms with Gasteiger partial charge in [-0.3, -0.25) is 0 Å². The second-order valence-corrected chi connectivity index (χ2v) is 6.47. The van der Waals surface area contributed by atoms with Gasteiger partial charge in [0.15, 0.2) is 0 Å². The van der Waals surface area contributed by atoms with Gasteiger partial charge in [0.25, 0.3) is 0 Å². The monoisotopic (exact) mass is 258 g/mol. The lowest BCUT2D eigenvalue weighted by Gasteiger charge is -2.27. The molecular weight excluding hydrogens is 240 g/mol. The van der Waals surface area contributed by atoms with Crippen LogP contribution in [-0.4, -0.2) is 11.5 Å². The maximum atomic E-state index is 5.85. The second-order valence-electron chi connectivity index (χ2n) is 4.72. The summed E-state index contributed by atoms with van der Waals surface area (Å²) in [6.07, 6.45) is 8.59. The Labute approximate surface area is 106 Å². The van der Waals surface area contributed by atoms with Gasteiger partial charge in [0.1, 0.15) is 9.34 Å². The Kier molecular flexibility index (Phi) is 4.22. The topological polar surface area (TPSA) is 24.9 Å². The zero-order chi connectivity index (χ0) is 11.4. The Bertz CT molecular complexity index is 332. The minimum absolute atomic E-state index is 0.557. The van der Waals surface area contributed by atoms with Gasteiger partial charge in [-0.1, -0.05) is 31.4 Å². The SMILES string of the molecule is CCC1(CNCc2ncc(Cl)s2)CCCC1. The Morgan fingerprint density at radius 2 is 2.25 bits per heavy atom. The maximum Gasteiger partial charge on any atom is 0.113 e. The van der Waals surface area contributed by atoms with Crippen molar-refractivity contribution in [2.45, 2.75) is 45.6 Å². The van der Waals surface area contributed by atoms with Crippen molar-refractivity contribution in [2.75, 3.05) is 6.54 Å². The lowest BCUT2D eigenvalue weighted by Crippen LogP contribution is -2.31. The van der Waals surface area contributed by atoms with Crippen LogP contribution in [0.25, 0.3) is 0 Å². The molecule has 0 amide bonds. The molecule has 0 aromatic carbocycles. The van der Waals surface area contributed by atoms with Crippen LogP contribution in [0.2, 0.25) is 4.34 Å². The first-order valence-corrected chi connectivity index (χ1v) is 7.24. The Morgan fingerprint density at radius 1 is 1.50 bits per heavy atom. The van der Waals surface area contributed by atoms with Crippen molar-refractivity contribution in [3.63, 3.8) is 0 Å². The van der Waals surface area contributed by atoms with Crippen LogP contribution in [-0.2, 0) is 6.54 Å². The fourth-order valence-corrected chi connectivity index (χ4v) is 3.51. The Hall–Kier alpha value is -0.120. The van der Waals surface area contributed by atoms with E-state index in [1.807, 2.05) is 0 Å². The fourth-order valence-electron chi connectivity index (χ4n) is 2.58. The van der Waals surface area contributed by atoms with Crippen LogP contribution < -0.4 is 5.32 Å². The minimum Gasteiger partial charge on any atom is -0.310 e. The highest BCUT2D eigenvalue weighted by molar-refractivity contribution is 7.15. The van der Waals surface area contributed by atoms with Crippen LogP contribution in [0.1, 0.15) is 44.0 Å². The number of aromatic nitrogens is 1. The number of rotatable bonds is 5. The van der Waals surface area contributed by atoms with Gasteiger partial charge in [0, 0.05) is 13.1 Å². The average molecular weight is 259 g/mol. The predicted octanol–water partition coefficient (Wildman–Crippen LogP) is 3.86. The largest absolute Gasteiger partial charge is 0.310 e. The van der Waals surface area contributed by atoms with Crippen molar-refractivity contribution in [2.24, 2.45) is 5.41 Å². The first kappa shape index (κ1) is 12.3. The minimum atomic E-state index is 0.557. The van der Waals surface area contributed by atoms with Gasteiger partial charge in [-0.05, 0) is 24.7 Å². The molecule has 90 valence electrons. The van der Waals surface area contributed by atoms with E-state index >= 15 is 0 Å². The first-order chi connectivity index (χ1) is 7.74. The molecule has 0 bridgehead atoms. The van der Waals surface area contributed by atoms with Crippen molar-refractivity contribution in [3.8, 4) is 0 Å². The van der Waals surface area contributed by atoms with Crippen LogP contribution in [0.15, 0.2) is 6.20 Å². The lowest BCUT2D eigenvalue weighted by molar-refractivity contribution is 0.268. The normalized spacial score (nSPS) is 19.1. The van der Waals surface area contributed by atoms with Crippen molar-refractivity contribution >= 4 is 22.9 Å². The van der Waals surface area contributed by atoms with Crippen molar-refractivity contribution in [3.05, 3.63) is 15.5 Å². The van der Waals surface area contributed by atoms with Crippen LogP contribution in [0.4, 0.5) is 0 Å². The van der Waals surface area contributed by atoms with Gasteiger partial charge in [0.2, 0.25) is 0 Å². The molecule has 4 heteroatoms. The third-order valence-corrected chi connectivity index (χ3v) is 4.83. The summed E-state index contributed by atoms with van der Waals surface area (Å²) in [5.41, 5.74) is 0.557. The highest BCUT2D eigenvalue weighted by Gasteiger charge is 2.31. The lowest BCUT2D eigenvalue weighted by atomic mass is 9.83. The molecule has 1 N–H and O–H groups in total. The standard InChI is InChI=1S/C12H19ClN2S/c1-2-12(5-3-4-6-12)9-14-8-11-15-7-10(13)16-11/h7,14H,2-6,8-9H2,1H3. The molecular formula is C12H19ClN2S. The van der Waals surface area contributed by atoms with Crippen molar-refractivity contribution in [1.82, 2.24) is 10.3 Å². The van der Waals surface area contributed by atoms with E-state index in [0.717, 1.165) is 22.4 Å². The van der Waals surface area contributed by atoms with Crippen LogP contribution in [0, 0.1) is 5.41 Å². The second kappa shape index (κ2) is 5.48. The summed E-state index contributed by atoms with van der Waals surface area (Å²) in [4.78, 5) is 4.25. The van der Waals surface area contributed by atoms with Gasteiger partial charge >= 0.3 is 0 Å². The molecule has 1 saturated carbocycles. The van der Waals surface area contributed by atoms with Crippen molar-refractivity contribution in [1.29, 1.82) is 0 Å². The highest BCUT2D eigenvalue weighted by atomic mass is 35.5. The molecule has 16 heavy (non-hydrogen) atoms. The number of hydrogen-bond acceptors (Lipinski definition) is 3. The smallest absolute Gasteiger partial charge is 0.113 e. The van der Waals surface area contributed by atoms with Gasteiger partial charge < -0.3 is 5.32 Å². The Morgan fingerprint density at radius 3 is 2.81 bits per heavy atom. The maximum absolute atomic E-state index is 5.85. The van der Waals surface area contributed by atoms with E-state index in [1.54, 1.807) is 17.5 Å². The van der Waals surface area contributed by atoms with E-state index in [4.69, 9.17) is 11.6 Å². The molecule has 1 aliphatic rings. The number of nitrogens with zero attached hydrogens (tertiary/aromatic N) is 1. The van der Waals surface area contributed by atoms with E-state index in [1.165, 1.54) is 32.1 Å². The van der Waals surface area contributed by atoms with Gasteiger partial charge in [-0.2, -0.15) is 0 Å². The molecule has 0 saturated heterocycles. The molecule has 1 aromatic heterocycles. The molecule has 1 fully saturated rings. The third kappa shape index (κ3) is 2.96. The summed E-state index contributed by atoms with van der Waals surface area (Å²) in [5, 5.41) is 4.63. The summed E-state index contributed by atoms with van der Waals surface area (Å²) in [7, 11) is 0. The summed E-state index contributed by atoms with van der Waals surface area (Å²) in [5.74, 6) is 0. The summed E-state index contributed by atoms with van der Waals surface area (Å²) < 4.78 is 0.780. The number of hydrogen-bond donors (Lipinski definition) is 1. The summed E-state index contributed by atoms with van der Waals surface area (Å²) >= 11 is 7.42. The summed E-state index contributed by atoms with van der Waals surface area (Å²) in [6, 6.07) is 0. The number of thiazole rings is 1. The quantitative estimate of drug-likeness (QED) is 0.868. The zero-order valence-corrected chi connectivity index (χ0v) is 11.3. The molecule has 0 radical (unpaired) electrons. The number of halogens is 1. The molecule has 0 aliphatic heterocycles. The highest BCUT2D eigenvalue weighted by Crippen LogP contribution is 2.40. The number of nitrogens with one attached hydrogen (secondary N) is 1. The summed E-state index contributed by atoms with van der Waals surface area (Å²) in [6.45, 7) is 4.30. The van der Waals surface area contributed by atoms with E-state index in [-0.39, 0.29) is 0 Å². The average Bonchev–Trinajstić information content (AvgIpc) is 2.89. The molecule has 0 atom stereocenters. The van der Waals surface area contributed by atoms with E-state index in [2.05, 4.69) is 17.2 Å². The molecule has 1 aliphatic carbocycles. The molecule has 2 nitrogen and oxygen atoms in total. The molecule has 2 rings (SSSR count). The molecule has 1 heterocycles.